The summed E-state index contributed by atoms with van der Waals surface area (Å²) in [6.07, 6.45) is 17.8. The van der Waals surface area contributed by atoms with Gasteiger partial charge in [0, 0.05) is 16.3 Å². The zero-order valence-electron chi connectivity index (χ0n) is 7.88. The van der Waals surface area contributed by atoms with Crippen molar-refractivity contribution in [3.63, 3.8) is 0 Å². The second-order valence-electron chi connectivity index (χ2n) is 2.61. The minimum Gasteiger partial charge on any atom is -0.0933 e. The summed E-state index contributed by atoms with van der Waals surface area (Å²) in [6, 6.07) is 0. The molecule has 2 fully saturated rings. The molecule has 0 aliphatic heterocycles. The summed E-state index contributed by atoms with van der Waals surface area (Å²) in [6.45, 7) is 0. The van der Waals surface area contributed by atoms with Gasteiger partial charge in [0.05, 0.1) is 0 Å². The Labute approximate surface area is 118 Å². The minimum absolute atomic E-state index is 0. The first-order valence-corrected chi connectivity index (χ1v) is 5.41. The first kappa shape index (κ1) is 16.0. The Hall–Kier alpha value is 1.03. The van der Waals surface area contributed by atoms with Crippen molar-refractivity contribution in [1.29, 1.82) is 0 Å². The standard InChI is InChI=1S/C7H6Cl.C5H4Br.Fe/c8-6-5-7-3-1-2-4-7;6-5-3-1-2-4-5;/h1-6H;1-4H;/q;;+2/b6-5+;;. The van der Waals surface area contributed by atoms with E-state index in [1.807, 2.05) is 57.4 Å². The van der Waals surface area contributed by atoms with E-state index in [0.717, 1.165) is 10.7 Å². The molecule has 10 radical (unpaired) electrons. The van der Waals surface area contributed by atoms with Crippen molar-refractivity contribution >= 4 is 27.5 Å². The largest absolute Gasteiger partial charge is 2.00 e. The molecule has 0 bridgehead atoms. The monoisotopic (exact) mass is 324 g/mol. The van der Waals surface area contributed by atoms with Gasteiger partial charge in [-0.05, 0) is 51.4 Å². The molecule has 0 heterocycles. The molecule has 0 spiro atoms. The summed E-state index contributed by atoms with van der Waals surface area (Å²) in [5, 5.41) is 0. The predicted octanol–water partition coefficient (Wildman–Crippen LogP) is 3.89. The SMILES string of the molecule is Br[C]1[CH][CH][CH][CH]1.Cl/C=C/[C]1[CH][CH][CH][CH]1.[Fe+2]. The molecule has 0 saturated heterocycles. The number of rotatable bonds is 1. The normalized spacial score (nSPS) is 22.5. The van der Waals surface area contributed by atoms with Crippen LogP contribution in [0, 0.1) is 62.1 Å². The Morgan fingerprint density at radius 3 is 1.73 bits per heavy atom. The van der Waals surface area contributed by atoms with Crippen molar-refractivity contribution in [3.05, 3.63) is 73.7 Å². The quantitative estimate of drug-likeness (QED) is 0.642. The van der Waals surface area contributed by atoms with E-state index in [1.165, 1.54) is 5.54 Å². The second-order valence-corrected chi connectivity index (χ2v) is 3.78. The van der Waals surface area contributed by atoms with Crippen molar-refractivity contribution in [1.82, 2.24) is 0 Å². The van der Waals surface area contributed by atoms with Gasteiger partial charge < -0.3 is 0 Å². The molecule has 0 aromatic carbocycles. The van der Waals surface area contributed by atoms with Crippen LogP contribution in [0.25, 0.3) is 0 Å². The molecular weight excluding hydrogens is 315 g/mol. The zero-order chi connectivity index (χ0) is 10.2. The van der Waals surface area contributed by atoms with Gasteiger partial charge in [0.15, 0.2) is 0 Å². The maximum absolute atomic E-state index is 5.31. The average Bonchev–Trinajstić information content (AvgIpc) is 2.79. The minimum atomic E-state index is 0. The van der Waals surface area contributed by atoms with Gasteiger partial charge in [-0.3, -0.25) is 0 Å². The van der Waals surface area contributed by atoms with E-state index >= 15 is 0 Å². The molecule has 2 saturated carbocycles. The van der Waals surface area contributed by atoms with Gasteiger partial charge in [-0.1, -0.05) is 33.6 Å². The first-order chi connectivity index (χ1) is 6.83. The number of hydrogen-bond donors (Lipinski definition) is 0. The van der Waals surface area contributed by atoms with Crippen molar-refractivity contribution in [2.45, 2.75) is 0 Å². The maximum Gasteiger partial charge on any atom is 2.00 e. The van der Waals surface area contributed by atoms with Gasteiger partial charge in [-0.25, -0.2) is 0 Å². The summed E-state index contributed by atoms with van der Waals surface area (Å²) >= 11 is 8.59. The van der Waals surface area contributed by atoms with Gasteiger partial charge in [0.25, 0.3) is 0 Å². The smallest absolute Gasteiger partial charge is 0.0933 e. The van der Waals surface area contributed by atoms with Crippen LogP contribution in [0.3, 0.4) is 0 Å². The van der Waals surface area contributed by atoms with Crippen molar-refractivity contribution in [3.8, 4) is 0 Å². The van der Waals surface area contributed by atoms with Gasteiger partial charge in [-0.2, -0.15) is 0 Å². The Balaban J connectivity index is 0.000000253. The molecule has 0 atom stereocenters. The molecule has 0 nitrogen and oxygen atoms in total. The molecule has 2 rings (SSSR count). The van der Waals surface area contributed by atoms with E-state index in [-0.39, 0.29) is 17.1 Å². The van der Waals surface area contributed by atoms with Crippen LogP contribution in [-0.4, -0.2) is 0 Å². The van der Waals surface area contributed by atoms with E-state index in [0.29, 0.717) is 0 Å². The van der Waals surface area contributed by atoms with E-state index in [4.69, 9.17) is 11.6 Å². The molecular formula is C12H10BrClFe+2. The average molecular weight is 325 g/mol. The summed E-state index contributed by atoms with van der Waals surface area (Å²) in [5.74, 6) is 1.15. The maximum atomic E-state index is 5.31. The van der Waals surface area contributed by atoms with E-state index < -0.39 is 0 Å². The van der Waals surface area contributed by atoms with Crippen LogP contribution in [-0.2, 0) is 17.1 Å². The molecule has 2 aliphatic rings. The van der Waals surface area contributed by atoms with Crippen LogP contribution in [0.4, 0.5) is 0 Å². The molecule has 2 aliphatic carbocycles. The molecule has 0 N–H and O–H groups in total. The fourth-order valence-electron chi connectivity index (χ4n) is 0.923. The molecule has 78 valence electrons. The first-order valence-electron chi connectivity index (χ1n) is 4.18. The third-order valence-electron chi connectivity index (χ3n) is 1.57. The van der Waals surface area contributed by atoms with E-state index in [9.17, 15) is 0 Å². The van der Waals surface area contributed by atoms with E-state index in [1.54, 1.807) is 0 Å². The van der Waals surface area contributed by atoms with Gasteiger partial charge in [-0.15, -0.1) is 0 Å². The zero-order valence-corrected chi connectivity index (χ0v) is 11.3. The summed E-state index contributed by atoms with van der Waals surface area (Å²) in [7, 11) is 0. The number of allylic oxidation sites excluding steroid dienone is 1. The summed E-state index contributed by atoms with van der Waals surface area (Å²) in [5.41, 5.74) is 1.51. The predicted molar refractivity (Wildman–Crippen MR) is 64.8 cm³/mol. The number of hydrogen-bond acceptors (Lipinski definition) is 0. The van der Waals surface area contributed by atoms with Gasteiger partial charge >= 0.3 is 17.1 Å². The van der Waals surface area contributed by atoms with Crippen LogP contribution >= 0.6 is 27.5 Å². The summed E-state index contributed by atoms with van der Waals surface area (Å²) < 4.78 is 0. The summed E-state index contributed by atoms with van der Waals surface area (Å²) in [4.78, 5) is 1.16. The number of halogens is 2. The van der Waals surface area contributed by atoms with Crippen molar-refractivity contribution < 1.29 is 17.1 Å². The van der Waals surface area contributed by atoms with Crippen LogP contribution in [0.1, 0.15) is 0 Å². The van der Waals surface area contributed by atoms with Crippen molar-refractivity contribution in [2.24, 2.45) is 0 Å². The van der Waals surface area contributed by atoms with Gasteiger partial charge in [0.1, 0.15) is 0 Å². The van der Waals surface area contributed by atoms with Crippen LogP contribution in [0.5, 0.6) is 0 Å². The third-order valence-corrected chi connectivity index (χ3v) is 2.22. The fourth-order valence-corrected chi connectivity index (χ4v) is 1.37. The molecule has 15 heavy (non-hydrogen) atoms. The van der Waals surface area contributed by atoms with Crippen molar-refractivity contribution in [2.75, 3.05) is 0 Å². The van der Waals surface area contributed by atoms with Gasteiger partial charge in [0.2, 0.25) is 0 Å². The van der Waals surface area contributed by atoms with Crippen LogP contribution in [0.2, 0.25) is 0 Å². The molecule has 0 unspecified atom stereocenters. The van der Waals surface area contributed by atoms with Crippen LogP contribution in [0.15, 0.2) is 11.6 Å². The molecule has 0 aromatic rings. The van der Waals surface area contributed by atoms with E-state index in [2.05, 4.69) is 15.9 Å². The molecule has 3 heteroatoms. The Bertz CT molecular complexity index is 161. The fraction of sp³-hybridized carbons (Fsp3) is 0. The third kappa shape index (κ3) is 7.85. The topological polar surface area (TPSA) is 0 Å². The Morgan fingerprint density at radius 1 is 0.933 bits per heavy atom. The Morgan fingerprint density at radius 2 is 1.40 bits per heavy atom. The Kier molecular flexibility index (Phi) is 10.9. The molecule has 0 amide bonds. The van der Waals surface area contributed by atoms with Crippen LogP contribution < -0.4 is 0 Å². The second kappa shape index (κ2) is 10.2. The molecule has 0 aromatic heterocycles.